The Hall–Kier alpha value is -2.37. The van der Waals surface area contributed by atoms with Crippen molar-refractivity contribution in [3.8, 4) is 0 Å². The lowest BCUT2D eigenvalue weighted by Gasteiger charge is -2.23. The number of hydrogen-bond donors (Lipinski definition) is 1. The van der Waals surface area contributed by atoms with Crippen LogP contribution in [0.1, 0.15) is 25.3 Å². The molecule has 1 heterocycles. The summed E-state index contributed by atoms with van der Waals surface area (Å²) in [6, 6.07) is 18.1. The van der Waals surface area contributed by atoms with E-state index in [2.05, 4.69) is 22.3 Å². The van der Waals surface area contributed by atoms with Crippen LogP contribution in [0.3, 0.4) is 0 Å². The number of rotatable bonds is 8. The summed E-state index contributed by atoms with van der Waals surface area (Å²) in [5.74, 6) is -0.145. The van der Waals surface area contributed by atoms with Crippen molar-refractivity contribution in [2.75, 3.05) is 30.5 Å². The average molecular weight is 368 g/mol. The predicted octanol–water partition coefficient (Wildman–Crippen LogP) is 3.85. The summed E-state index contributed by atoms with van der Waals surface area (Å²) in [5.41, 5.74) is 2.98. The van der Waals surface area contributed by atoms with Gasteiger partial charge >= 0.3 is 0 Å². The number of carbonyl (C=O) groups is 1. The summed E-state index contributed by atoms with van der Waals surface area (Å²) < 4.78 is 11.3. The molecule has 2 aromatic rings. The van der Waals surface area contributed by atoms with Crippen molar-refractivity contribution in [2.45, 2.75) is 38.5 Å². The third kappa shape index (κ3) is 5.55. The van der Waals surface area contributed by atoms with Gasteiger partial charge in [0.15, 0.2) is 0 Å². The molecule has 1 saturated heterocycles. The van der Waals surface area contributed by atoms with Gasteiger partial charge in [-0.3, -0.25) is 4.79 Å². The van der Waals surface area contributed by atoms with E-state index < -0.39 is 6.10 Å². The molecule has 1 fully saturated rings. The van der Waals surface area contributed by atoms with Crippen molar-refractivity contribution >= 4 is 17.3 Å². The SMILES string of the molecule is CC(OCC1CCCO1)C(=O)Nc1ccccc1N(C)Cc1ccccc1. The molecular weight excluding hydrogens is 340 g/mol. The first-order valence-electron chi connectivity index (χ1n) is 9.51. The highest BCUT2D eigenvalue weighted by molar-refractivity contribution is 5.96. The van der Waals surface area contributed by atoms with Crippen molar-refractivity contribution in [3.63, 3.8) is 0 Å². The van der Waals surface area contributed by atoms with E-state index in [-0.39, 0.29) is 12.0 Å². The molecule has 0 aromatic heterocycles. The molecule has 3 rings (SSSR count). The van der Waals surface area contributed by atoms with Crippen LogP contribution in [0.25, 0.3) is 0 Å². The van der Waals surface area contributed by atoms with Crippen LogP contribution in [0.2, 0.25) is 0 Å². The van der Waals surface area contributed by atoms with Crippen molar-refractivity contribution in [3.05, 3.63) is 60.2 Å². The molecule has 1 N–H and O–H groups in total. The summed E-state index contributed by atoms with van der Waals surface area (Å²) in [6.07, 6.45) is 1.66. The maximum atomic E-state index is 12.6. The molecule has 2 aromatic carbocycles. The van der Waals surface area contributed by atoms with E-state index in [1.165, 1.54) is 5.56 Å². The minimum atomic E-state index is -0.526. The molecule has 5 heteroatoms. The monoisotopic (exact) mass is 368 g/mol. The van der Waals surface area contributed by atoms with E-state index in [1.54, 1.807) is 6.92 Å². The Morgan fingerprint density at radius 3 is 2.70 bits per heavy atom. The molecule has 0 aliphatic carbocycles. The standard InChI is InChI=1S/C22H28N2O3/c1-17(27-16-19-11-8-14-26-19)22(25)23-20-12-6-7-13-21(20)24(2)15-18-9-4-3-5-10-18/h3-7,9-10,12-13,17,19H,8,11,14-16H2,1-2H3,(H,23,25). The minimum Gasteiger partial charge on any atom is -0.376 e. The molecule has 2 unspecified atom stereocenters. The molecule has 27 heavy (non-hydrogen) atoms. The molecule has 0 bridgehead atoms. The van der Waals surface area contributed by atoms with Gasteiger partial charge in [0.25, 0.3) is 5.91 Å². The van der Waals surface area contributed by atoms with Crippen molar-refractivity contribution < 1.29 is 14.3 Å². The summed E-state index contributed by atoms with van der Waals surface area (Å²) in [5, 5.41) is 3.01. The molecule has 0 spiro atoms. The van der Waals surface area contributed by atoms with Crippen LogP contribution in [0.5, 0.6) is 0 Å². The highest BCUT2D eigenvalue weighted by atomic mass is 16.5. The highest BCUT2D eigenvalue weighted by Gasteiger charge is 2.20. The normalized spacial score (nSPS) is 17.5. The van der Waals surface area contributed by atoms with Crippen molar-refractivity contribution in [1.82, 2.24) is 0 Å². The Kier molecular flexibility index (Phi) is 6.85. The zero-order chi connectivity index (χ0) is 19.1. The number of carbonyl (C=O) groups excluding carboxylic acids is 1. The van der Waals surface area contributed by atoms with Crippen LogP contribution in [-0.4, -0.2) is 38.4 Å². The largest absolute Gasteiger partial charge is 0.376 e. The number of hydrogen-bond acceptors (Lipinski definition) is 4. The summed E-state index contributed by atoms with van der Waals surface area (Å²) in [4.78, 5) is 14.7. The van der Waals surface area contributed by atoms with Gasteiger partial charge in [0.2, 0.25) is 0 Å². The van der Waals surface area contributed by atoms with Gasteiger partial charge in [0.1, 0.15) is 6.10 Å². The number of nitrogens with one attached hydrogen (secondary N) is 1. The van der Waals surface area contributed by atoms with Crippen LogP contribution in [0.4, 0.5) is 11.4 Å². The minimum absolute atomic E-state index is 0.115. The Morgan fingerprint density at radius 1 is 1.22 bits per heavy atom. The predicted molar refractivity (Wildman–Crippen MR) is 108 cm³/mol. The Bertz CT molecular complexity index is 729. The fourth-order valence-corrected chi connectivity index (χ4v) is 3.19. The van der Waals surface area contributed by atoms with E-state index in [0.717, 1.165) is 37.4 Å². The average Bonchev–Trinajstić information content (AvgIpc) is 3.21. The zero-order valence-corrected chi connectivity index (χ0v) is 16.1. The molecule has 1 aliphatic rings. The fourth-order valence-electron chi connectivity index (χ4n) is 3.19. The quantitative estimate of drug-likeness (QED) is 0.769. The van der Waals surface area contributed by atoms with Gasteiger partial charge < -0.3 is 19.7 Å². The number of anilines is 2. The number of benzene rings is 2. The van der Waals surface area contributed by atoms with E-state index in [9.17, 15) is 4.79 Å². The third-order valence-electron chi connectivity index (χ3n) is 4.76. The lowest BCUT2D eigenvalue weighted by Crippen LogP contribution is -2.31. The molecule has 0 saturated carbocycles. The molecular formula is C22H28N2O3. The molecule has 2 atom stereocenters. The second-order valence-electron chi connectivity index (χ2n) is 6.96. The van der Waals surface area contributed by atoms with Crippen LogP contribution in [-0.2, 0) is 20.8 Å². The van der Waals surface area contributed by atoms with E-state index in [1.807, 2.05) is 49.5 Å². The van der Waals surface area contributed by atoms with E-state index in [4.69, 9.17) is 9.47 Å². The second-order valence-corrected chi connectivity index (χ2v) is 6.96. The van der Waals surface area contributed by atoms with Crippen LogP contribution in [0.15, 0.2) is 54.6 Å². The Balaban J connectivity index is 1.60. The Morgan fingerprint density at radius 2 is 1.96 bits per heavy atom. The Labute approximate surface area is 161 Å². The maximum absolute atomic E-state index is 12.6. The summed E-state index contributed by atoms with van der Waals surface area (Å²) in [7, 11) is 2.02. The fraction of sp³-hybridized carbons (Fsp3) is 0.409. The first-order valence-corrected chi connectivity index (χ1v) is 9.51. The lowest BCUT2D eigenvalue weighted by atomic mass is 10.2. The molecule has 1 amide bonds. The molecule has 144 valence electrons. The van der Waals surface area contributed by atoms with Gasteiger partial charge in [0.05, 0.1) is 24.1 Å². The molecule has 1 aliphatic heterocycles. The highest BCUT2D eigenvalue weighted by Crippen LogP contribution is 2.26. The first-order chi connectivity index (χ1) is 13.1. The van der Waals surface area contributed by atoms with Gasteiger partial charge in [-0.2, -0.15) is 0 Å². The van der Waals surface area contributed by atoms with Gasteiger partial charge in [-0.15, -0.1) is 0 Å². The maximum Gasteiger partial charge on any atom is 0.253 e. The number of nitrogens with zero attached hydrogens (tertiary/aromatic N) is 1. The summed E-state index contributed by atoms with van der Waals surface area (Å²) >= 11 is 0. The van der Waals surface area contributed by atoms with Gasteiger partial charge in [-0.1, -0.05) is 42.5 Å². The number of para-hydroxylation sites is 2. The summed E-state index contributed by atoms with van der Waals surface area (Å²) in [6.45, 7) is 3.79. The van der Waals surface area contributed by atoms with Crippen molar-refractivity contribution in [2.24, 2.45) is 0 Å². The van der Waals surface area contributed by atoms with Crippen LogP contribution in [0, 0.1) is 0 Å². The van der Waals surface area contributed by atoms with Gasteiger partial charge in [-0.05, 0) is 37.5 Å². The van der Waals surface area contributed by atoms with Gasteiger partial charge in [0, 0.05) is 20.2 Å². The van der Waals surface area contributed by atoms with Crippen LogP contribution >= 0.6 is 0 Å². The third-order valence-corrected chi connectivity index (χ3v) is 4.76. The second kappa shape index (κ2) is 9.53. The number of ether oxygens (including phenoxy) is 2. The lowest BCUT2D eigenvalue weighted by molar-refractivity contribution is -0.128. The molecule has 5 nitrogen and oxygen atoms in total. The van der Waals surface area contributed by atoms with Crippen LogP contribution < -0.4 is 10.2 Å². The van der Waals surface area contributed by atoms with Gasteiger partial charge in [-0.25, -0.2) is 0 Å². The molecule has 0 radical (unpaired) electrons. The van der Waals surface area contributed by atoms with Crippen molar-refractivity contribution in [1.29, 1.82) is 0 Å². The van der Waals surface area contributed by atoms with E-state index >= 15 is 0 Å². The smallest absolute Gasteiger partial charge is 0.253 e. The number of amides is 1. The first kappa shape index (κ1) is 19.4. The topological polar surface area (TPSA) is 50.8 Å². The zero-order valence-electron chi connectivity index (χ0n) is 16.1. The van der Waals surface area contributed by atoms with E-state index in [0.29, 0.717) is 6.61 Å².